The van der Waals surface area contributed by atoms with Crippen molar-refractivity contribution in [2.45, 2.75) is 303 Å². The molecule has 0 aromatic rings. The Kier molecular flexibility index (Phi) is 56.2. The van der Waals surface area contributed by atoms with E-state index < -0.39 is 57.8 Å². The summed E-state index contributed by atoms with van der Waals surface area (Å²) in [5.74, 6) is -1.48. The van der Waals surface area contributed by atoms with Crippen LogP contribution in [0.2, 0.25) is 0 Å². The number of hydrogen-bond donors (Lipinski definition) is 2. The molecular weight excluding hydrogens is 976 g/mol. The maximum atomic E-state index is 12.9. The summed E-state index contributed by atoms with van der Waals surface area (Å²) in [6.07, 6.45) is 64.5. The van der Waals surface area contributed by atoms with E-state index in [0.29, 0.717) is 19.3 Å². The number of hydrogen-bond acceptors (Lipinski definition) is 10. The molecule has 0 aliphatic rings. The van der Waals surface area contributed by atoms with Crippen LogP contribution in [0.15, 0.2) is 60.8 Å². The molecule has 12 heteroatoms. The van der Waals surface area contributed by atoms with Crippen molar-refractivity contribution in [3.8, 4) is 0 Å². The lowest BCUT2D eigenvalue weighted by molar-refractivity contribution is -0.161. The standard InChI is InChI=1S/C64H115O11P/c1-4-7-10-13-16-19-22-25-28-29-30-31-34-37-40-43-46-49-52-55-64(68)75-61(57-71-62(66)53-50-47-44-41-38-35-32-26-23-20-17-14-11-8-5-2)59-73-76(69,70)72-58-60(56-65)74-63(67)54-51-48-45-42-39-36-33-27-24-21-18-15-12-9-6-3/h17-18,20-21,25-28,32-33,60-61,65H,4-16,19,22-24,29-31,34-59H2,1-3H3,(H,69,70)/b20-17-,21-18-,28-25-,32-26-,33-27-. The van der Waals surface area contributed by atoms with Crippen LogP contribution in [0.3, 0.4) is 0 Å². The molecule has 0 aromatic heterocycles. The lowest BCUT2D eigenvalue weighted by Crippen LogP contribution is -2.30. The molecule has 442 valence electrons. The van der Waals surface area contributed by atoms with Crippen LogP contribution in [0.25, 0.3) is 0 Å². The minimum atomic E-state index is -4.76. The molecule has 0 amide bonds. The molecule has 0 rings (SSSR count). The van der Waals surface area contributed by atoms with Gasteiger partial charge in [0.25, 0.3) is 0 Å². The number of aliphatic hydroxyl groups excluding tert-OH is 1. The zero-order chi connectivity index (χ0) is 55.5. The van der Waals surface area contributed by atoms with Crippen molar-refractivity contribution in [3.63, 3.8) is 0 Å². The van der Waals surface area contributed by atoms with Crippen molar-refractivity contribution in [1.29, 1.82) is 0 Å². The van der Waals surface area contributed by atoms with Crippen molar-refractivity contribution >= 4 is 25.7 Å². The fourth-order valence-electron chi connectivity index (χ4n) is 8.59. The Bertz CT molecular complexity index is 1510. The van der Waals surface area contributed by atoms with E-state index in [9.17, 15) is 28.9 Å². The number of esters is 3. The fourth-order valence-corrected chi connectivity index (χ4v) is 9.37. The molecule has 0 heterocycles. The van der Waals surface area contributed by atoms with E-state index in [-0.39, 0.29) is 25.9 Å². The molecule has 0 spiro atoms. The first-order valence-electron chi connectivity index (χ1n) is 31.2. The Morgan fingerprint density at radius 3 is 1.01 bits per heavy atom. The van der Waals surface area contributed by atoms with Crippen LogP contribution in [0.5, 0.6) is 0 Å². The average Bonchev–Trinajstić information content (AvgIpc) is 3.41. The predicted octanol–water partition coefficient (Wildman–Crippen LogP) is 18.7. The maximum absolute atomic E-state index is 12.9. The van der Waals surface area contributed by atoms with Crippen LogP contribution in [0.4, 0.5) is 0 Å². The lowest BCUT2D eigenvalue weighted by Gasteiger charge is -2.21. The zero-order valence-corrected chi connectivity index (χ0v) is 49.9. The summed E-state index contributed by atoms with van der Waals surface area (Å²) in [4.78, 5) is 48.7. The molecule has 0 bridgehead atoms. The Morgan fingerprint density at radius 2 is 0.645 bits per heavy atom. The van der Waals surface area contributed by atoms with Crippen molar-refractivity contribution in [3.05, 3.63) is 60.8 Å². The molecule has 3 atom stereocenters. The number of ether oxygens (including phenoxy) is 3. The monoisotopic (exact) mass is 1090 g/mol. The van der Waals surface area contributed by atoms with Gasteiger partial charge >= 0.3 is 25.7 Å². The second-order valence-electron chi connectivity index (χ2n) is 20.9. The number of carbonyl (C=O) groups excluding carboxylic acids is 3. The molecule has 76 heavy (non-hydrogen) atoms. The number of carbonyl (C=O) groups is 3. The molecule has 0 saturated carbocycles. The number of phosphoric acid groups is 1. The van der Waals surface area contributed by atoms with Gasteiger partial charge in [-0.05, 0) is 109 Å². The number of aliphatic hydroxyl groups is 1. The first-order chi connectivity index (χ1) is 37.2. The van der Waals surface area contributed by atoms with Crippen LogP contribution < -0.4 is 0 Å². The van der Waals surface area contributed by atoms with Gasteiger partial charge in [-0.2, -0.15) is 0 Å². The van der Waals surface area contributed by atoms with Gasteiger partial charge in [0.1, 0.15) is 12.7 Å². The van der Waals surface area contributed by atoms with Gasteiger partial charge in [0.2, 0.25) is 0 Å². The Morgan fingerprint density at radius 1 is 0.368 bits per heavy atom. The van der Waals surface area contributed by atoms with E-state index in [1.807, 2.05) is 0 Å². The van der Waals surface area contributed by atoms with Gasteiger partial charge in [0.15, 0.2) is 6.10 Å². The fraction of sp³-hybridized carbons (Fsp3) is 0.797. The molecule has 2 N–H and O–H groups in total. The predicted molar refractivity (Wildman–Crippen MR) is 316 cm³/mol. The van der Waals surface area contributed by atoms with Crippen molar-refractivity contribution < 1.29 is 52.2 Å². The van der Waals surface area contributed by atoms with Gasteiger partial charge in [0, 0.05) is 19.3 Å². The number of rotatable bonds is 58. The number of unbranched alkanes of at least 4 members (excludes halogenated alkanes) is 31. The Labute approximate surface area is 465 Å². The second kappa shape index (κ2) is 58.3. The van der Waals surface area contributed by atoms with Gasteiger partial charge in [-0.1, -0.05) is 223 Å². The highest BCUT2D eigenvalue weighted by molar-refractivity contribution is 7.47. The molecule has 0 radical (unpaired) electrons. The third-order valence-electron chi connectivity index (χ3n) is 13.4. The highest BCUT2D eigenvalue weighted by Crippen LogP contribution is 2.43. The summed E-state index contributed by atoms with van der Waals surface area (Å²) in [6.45, 7) is 4.59. The van der Waals surface area contributed by atoms with E-state index in [1.54, 1.807) is 0 Å². The highest BCUT2D eigenvalue weighted by Gasteiger charge is 2.28. The van der Waals surface area contributed by atoms with E-state index in [1.165, 1.54) is 122 Å². The molecule has 0 aromatic carbocycles. The molecule has 11 nitrogen and oxygen atoms in total. The van der Waals surface area contributed by atoms with Gasteiger partial charge in [-0.25, -0.2) is 4.57 Å². The van der Waals surface area contributed by atoms with Gasteiger partial charge in [-0.15, -0.1) is 0 Å². The minimum absolute atomic E-state index is 0.160. The highest BCUT2D eigenvalue weighted by atomic mass is 31.2. The largest absolute Gasteiger partial charge is 0.472 e. The topological polar surface area (TPSA) is 155 Å². The molecule has 0 aliphatic heterocycles. The molecule has 0 fully saturated rings. The van der Waals surface area contributed by atoms with Gasteiger partial charge in [-0.3, -0.25) is 23.4 Å². The summed E-state index contributed by atoms with van der Waals surface area (Å²) < 4.78 is 39.6. The summed E-state index contributed by atoms with van der Waals surface area (Å²) in [5, 5.41) is 9.83. The van der Waals surface area contributed by atoms with E-state index >= 15 is 0 Å². The van der Waals surface area contributed by atoms with Crippen LogP contribution in [-0.4, -0.2) is 66.5 Å². The first-order valence-corrected chi connectivity index (χ1v) is 32.7. The van der Waals surface area contributed by atoms with Crippen molar-refractivity contribution in [1.82, 2.24) is 0 Å². The van der Waals surface area contributed by atoms with Crippen LogP contribution in [0.1, 0.15) is 290 Å². The Balaban J connectivity index is 4.72. The first kappa shape index (κ1) is 73.2. The average molecular weight is 1090 g/mol. The maximum Gasteiger partial charge on any atom is 0.472 e. The quantitative estimate of drug-likeness (QED) is 0.0197. The molecule has 0 saturated heterocycles. The normalized spacial score (nSPS) is 13.7. The van der Waals surface area contributed by atoms with E-state index in [0.717, 1.165) is 109 Å². The Hall–Kier alpha value is -2.82. The summed E-state index contributed by atoms with van der Waals surface area (Å²) in [7, 11) is -4.76. The second-order valence-corrected chi connectivity index (χ2v) is 22.3. The van der Waals surface area contributed by atoms with Crippen molar-refractivity contribution in [2.75, 3.05) is 26.4 Å². The van der Waals surface area contributed by atoms with Gasteiger partial charge in [0.05, 0.1) is 19.8 Å². The minimum Gasteiger partial charge on any atom is -0.462 e. The van der Waals surface area contributed by atoms with Crippen LogP contribution >= 0.6 is 7.82 Å². The summed E-state index contributed by atoms with van der Waals surface area (Å²) in [6, 6.07) is 0. The van der Waals surface area contributed by atoms with E-state index in [2.05, 4.69) is 81.5 Å². The molecular formula is C64H115O11P. The number of phosphoric ester groups is 1. The summed E-state index contributed by atoms with van der Waals surface area (Å²) in [5.41, 5.74) is 0. The molecule has 0 aliphatic carbocycles. The van der Waals surface area contributed by atoms with Crippen LogP contribution in [0, 0.1) is 0 Å². The van der Waals surface area contributed by atoms with Crippen LogP contribution in [-0.2, 0) is 42.2 Å². The third-order valence-corrected chi connectivity index (χ3v) is 14.3. The summed E-state index contributed by atoms with van der Waals surface area (Å²) >= 11 is 0. The van der Waals surface area contributed by atoms with E-state index in [4.69, 9.17) is 23.3 Å². The van der Waals surface area contributed by atoms with Crippen molar-refractivity contribution in [2.24, 2.45) is 0 Å². The van der Waals surface area contributed by atoms with Gasteiger partial charge < -0.3 is 24.2 Å². The number of allylic oxidation sites excluding steroid dienone is 10. The molecule has 3 unspecified atom stereocenters. The third kappa shape index (κ3) is 55.9. The lowest BCUT2D eigenvalue weighted by atomic mass is 10.1. The zero-order valence-electron chi connectivity index (χ0n) is 49.0. The SMILES string of the molecule is CCCCC/C=C\C/C=C\CCCCCCCC(=O)OCC(COP(=O)(O)OCC(CO)OC(=O)CCCCCCC/C=C\C/C=C\CCCCC)OC(=O)CCCCCCCCCCC/C=C\CCCCCCCC. The smallest absolute Gasteiger partial charge is 0.462 e.